The summed E-state index contributed by atoms with van der Waals surface area (Å²) >= 11 is 9.50. The Bertz CT molecular complexity index is 606. The van der Waals surface area contributed by atoms with Crippen molar-refractivity contribution in [3.8, 4) is 5.75 Å². The molecule has 0 aliphatic rings. The highest BCUT2D eigenvalue weighted by Gasteiger charge is 2.17. The van der Waals surface area contributed by atoms with Crippen LogP contribution in [-0.4, -0.2) is 7.11 Å². The van der Waals surface area contributed by atoms with Gasteiger partial charge in [0.05, 0.1) is 18.2 Å². The molecule has 2 N–H and O–H groups in total. The molecule has 2 aromatic rings. The van der Waals surface area contributed by atoms with Crippen molar-refractivity contribution in [2.45, 2.75) is 6.04 Å². The van der Waals surface area contributed by atoms with E-state index in [2.05, 4.69) is 15.9 Å². The van der Waals surface area contributed by atoms with Gasteiger partial charge in [-0.05, 0) is 33.6 Å². The second kappa shape index (κ2) is 5.90. The molecule has 19 heavy (non-hydrogen) atoms. The van der Waals surface area contributed by atoms with Gasteiger partial charge in [0, 0.05) is 16.1 Å². The zero-order chi connectivity index (χ0) is 14.0. The average molecular weight is 345 g/mol. The minimum atomic E-state index is -0.629. The van der Waals surface area contributed by atoms with Gasteiger partial charge in [-0.15, -0.1) is 0 Å². The lowest BCUT2D eigenvalue weighted by molar-refractivity contribution is 0.410. The number of hydrogen-bond acceptors (Lipinski definition) is 2. The maximum Gasteiger partial charge on any atom is 0.132 e. The Morgan fingerprint density at radius 1 is 1.26 bits per heavy atom. The molecule has 0 fully saturated rings. The largest absolute Gasteiger partial charge is 0.497 e. The summed E-state index contributed by atoms with van der Waals surface area (Å²) in [4.78, 5) is 0. The predicted octanol–water partition coefficient (Wildman–Crippen LogP) is 4.30. The van der Waals surface area contributed by atoms with Crippen LogP contribution in [0.5, 0.6) is 5.75 Å². The van der Waals surface area contributed by atoms with Gasteiger partial charge >= 0.3 is 0 Å². The van der Waals surface area contributed by atoms with E-state index in [0.29, 0.717) is 21.9 Å². The van der Waals surface area contributed by atoms with Crippen molar-refractivity contribution in [2.24, 2.45) is 5.73 Å². The molecular formula is C14H12BrClFNO. The fourth-order valence-electron chi connectivity index (χ4n) is 1.82. The number of methoxy groups -OCH3 is 1. The van der Waals surface area contributed by atoms with Crippen molar-refractivity contribution in [1.82, 2.24) is 0 Å². The third-order valence-corrected chi connectivity index (χ3v) is 4.17. The lowest BCUT2D eigenvalue weighted by atomic mass is 9.99. The quantitative estimate of drug-likeness (QED) is 0.901. The first-order valence-corrected chi connectivity index (χ1v) is 6.74. The van der Waals surface area contributed by atoms with Crippen LogP contribution in [0, 0.1) is 5.82 Å². The summed E-state index contributed by atoms with van der Waals surface area (Å²) in [7, 11) is 1.49. The number of hydrogen-bond donors (Lipinski definition) is 1. The van der Waals surface area contributed by atoms with E-state index in [-0.39, 0.29) is 0 Å². The molecule has 2 rings (SSSR count). The number of ether oxygens (including phenoxy) is 1. The Labute approximate surface area is 124 Å². The van der Waals surface area contributed by atoms with Crippen LogP contribution in [0.15, 0.2) is 40.9 Å². The Morgan fingerprint density at radius 3 is 2.63 bits per heavy atom. The second-order valence-corrected chi connectivity index (χ2v) is 5.24. The fraction of sp³-hybridized carbons (Fsp3) is 0.143. The third-order valence-electron chi connectivity index (χ3n) is 2.86. The molecule has 0 aromatic heterocycles. The molecule has 1 unspecified atom stereocenters. The molecular weight excluding hydrogens is 333 g/mol. The lowest BCUT2D eigenvalue weighted by Gasteiger charge is -2.16. The highest BCUT2D eigenvalue weighted by Crippen LogP contribution is 2.33. The van der Waals surface area contributed by atoms with Crippen LogP contribution in [0.25, 0.3) is 0 Å². The van der Waals surface area contributed by atoms with E-state index in [1.807, 2.05) is 12.1 Å². The van der Waals surface area contributed by atoms with Crippen LogP contribution < -0.4 is 10.5 Å². The number of benzene rings is 2. The predicted molar refractivity (Wildman–Crippen MR) is 78.1 cm³/mol. The van der Waals surface area contributed by atoms with Gasteiger partial charge in [-0.25, -0.2) is 4.39 Å². The molecule has 0 bridgehead atoms. The first-order chi connectivity index (χ1) is 9.04. The number of nitrogens with two attached hydrogens (primary N) is 1. The maximum absolute atomic E-state index is 14.0. The Kier molecular flexibility index (Phi) is 4.45. The van der Waals surface area contributed by atoms with Gasteiger partial charge in [0.15, 0.2) is 0 Å². The van der Waals surface area contributed by atoms with E-state index in [9.17, 15) is 4.39 Å². The lowest BCUT2D eigenvalue weighted by Crippen LogP contribution is -2.14. The Morgan fingerprint density at radius 2 is 2.00 bits per heavy atom. The van der Waals surface area contributed by atoms with Crippen LogP contribution in [0.3, 0.4) is 0 Å². The van der Waals surface area contributed by atoms with Gasteiger partial charge in [-0.1, -0.05) is 29.8 Å². The minimum Gasteiger partial charge on any atom is -0.497 e. The molecule has 2 aromatic carbocycles. The van der Waals surface area contributed by atoms with E-state index in [4.69, 9.17) is 22.1 Å². The summed E-state index contributed by atoms with van der Waals surface area (Å²) in [5.41, 5.74) is 7.13. The van der Waals surface area contributed by atoms with Crippen molar-refractivity contribution >= 4 is 27.5 Å². The Balaban J connectivity index is 2.44. The van der Waals surface area contributed by atoms with Gasteiger partial charge in [-0.3, -0.25) is 0 Å². The van der Waals surface area contributed by atoms with E-state index < -0.39 is 11.9 Å². The van der Waals surface area contributed by atoms with Crippen molar-refractivity contribution in [3.63, 3.8) is 0 Å². The van der Waals surface area contributed by atoms with Gasteiger partial charge in [-0.2, -0.15) is 0 Å². The zero-order valence-corrected chi connectivity index (χ0v) is 12.5. The summed E-state index contributed by atoms with van der Waals surface area (Å²) in [6, 6.07) is 9.36. The molecule has 0 amide bonds. The van der Waals surface area contributed by atoms with Crippen LogP contribution in [0.4, 0.5) is 4.39 Å². The summed E-state index contributed by atoms with van der Waals surface area (Å²) < 4.78 is 19.7. The van der Waals surface area contributed by atoms with Crippen molar-refractivity contribution < 1.29 is 9.13 Å². The molecule has 0 aliphatic heterocycles. The Hall–Kier alpha value is -1.10. The number of halogens is 3. The molecule has 0 heterocycles. The van der Waals surface area contributed by atoms with Crippen molar-refractivity contribution in [2.75, 3.05) is 7.11 Å². The molecule has 0 radical (unpaired) electrons. The highest BCUT2D eigenvalue weighted by molar-refractivity contribution is 9.10. The summed E-state index contributed by atoms with van der Waals surface area (Å²) in [6.45, 7) is 0. The van der Waals surface area contributed by atoms with Crippen LogP contribution >= 0.6 is 27.5 Å². The molecule has 0 spiro atoms. The van der Waals surface area contributed by atoms with Crippen LogP contribution in [-0.2, 0) is 0 Å². The molecule has 1 atom stereocenters. The first kappa shape index (κ1) is 14.3. The second-order valence-electron chi connectivity index (χ2n) is 4.01. The monoisotopic (exact) mass is 343 g/mol. The first-order valence-electron chi connectivity index (χ1n) is 5.57. The standard InChI is InChI=1S/C14H12BrClFNO/c1-19-8-5-6-9(12(17)7-8)14(18)10-3-2-4-11(15)13(10)16/h2-7,14H,18H2,1H3. The maximum atomic E-state index is 14.0. The van der Waals surface area contributed by atoms with E-state index in [1.165, 1.54) is 13.2 Å². The van der Waals surface area contributed by atoms with E-state index in [1.54, 1.807) is 18.2 Å². The molecule has 5 heteroatoms. The summed E-state index contributed by atoms with van der Waals surface area (Å²) in [5.74, 6) is 0.0386. The third kappa shape index (κ3) is 2.91. The van der Waals surface area contributed by atoms with Gasteiger partial charge < -0.3 is 10.5 Å². The summed E-state index contributed by atoms with van der Waals surface area (Å²) in [6.07, 6.45) is 0. The number of rotatable bonds is 3. The van der Waals surface area contributed by atoms with Gasteiger partial charge in [0.25, 0.3) is 0 Å². The smallest absolute Gasteiger partial charge is 0.132 e. The fourth-order valence-corrected chi connectivity index (χ4v) is 2.44. The van der Waals surface area contributed by atoms with E-state index in [0.717, 1.165) is 4.47 Å². The molecule has 0 saturated heterocycles. The zero-order valence-electron chi connectivity index (χ0n) is 10.2. The summed E-state index contributed by atoms with van der Waals surface area (Å²) in [5, 5.41) is 0.491. The highest BCUT2D eigenvalue weighted by atomic mass is 79.9. The minimum absolute atomic E-state index is 0.376. The molecule has 2 nitrogen and oxygen atoms in total. The van der Waals surface area contributed by atoms with E-state index >= 15 is 0 Å². The molecule has 100 valence electrons. The molecule has 0 aliphatic carbocycles. The molecule has 0 saturated carbocycles. The topological polar surface area (TPSA) is 35.2 Å². The van der Waals surface area contributed by atoms with Gasteiger partial charge in [0.2, 0.25) is 0 Å². The normalized spacial score (nSPS) is 12.3. The van der Waals surface area contributed by atoms with Gasteiger partial charge in [0.1, 0.15) is 11.6 Å². The van der Waals surface area contributed by atoms with Crippen molar-refractivity contribution in [1.29, 1.82) is 0 Å². The van der Waals surface area contributed by atoms with Crippen molar-refractivity contribution in [3.05, 3.63) is 62.8 Å². The average Bonchev–Trinajstić information content (AvgIpc) is 2.41. The van der Waals surface area contributed by atoms with Crippen LogP contribution in [0.2, 0.25) is 5.02 Å². The SMILES string of the molecule is COc1ccc(C(N)c2cccc(Br)c2Cl)c(F)c1. The van der Waals surface area contributed by atoms with Crippen LogP contribution in [0.1, 0.15) is 17.2 Å².